The zero-order valence-electron chi connectivity index (χ0n) is 15.1. The van der Waals surface area contributed by atoms with Gasteiger partial charge >= 0.3 is 0 Å². The smallest absolute Gasteiger partial charge is 0.167 e. The SMILES string of the molecule is COc1cc(O)c(C(C)=O)c2c1[C@@H]1[C@@H](C(C)C)CC[C@](O)(CO)[C@@H]1O2. The number of aliphatic hydroxyl groups excluding tert-OH is 1. The number of benzene rings is 1. The van der Waals surface area contributed by atoms with E-state index in [0.29, 0.717) is 23.7 Å². The highest BCUT2D eigenvalue weighted by Gasteiger charge is 2.56. The molecular weight excluding hydrogens is 324 g/mol. The van der Waals surface area contributed by atoms with Crippen LogP contribution in [0.4, 0.5) is 0 Å². The summed E-state index contributed by atoms with van der Waals surface area (Å²) in [6.07, 6.45) is 0.478. The summed E-state index contributed by atoms with van der Waals surface area (Å²) in [6.45, 7) is 5.17. The van der Waals surface area contributed by atoms with Crippen LogP contribution in [0.1, 0.15) is 55.5 Å². The van der Waals surface area contributed by atoms with E-state index < -0.39 is 18.3 Å². The molecule has 0 aromatic heterocycles. The molecule has 0 unspecified atom stereocenters. The highest BCUT2D eigenvalue weighted by Crippen LogP contribution is 2.58. The van der Waals surface area contributed by atoms with Gasteiger partial charge in [0.15, 0.2) is 5.78 Å². The molecule has 4 atom stereocenters. The molecule has 138 valence electrons. The molecular formula is C19H26O6. The summed E-state index contributed by atoms with van der Waals surface area (Å²) in [5.41, 5.74) is -0.571. The number of ether oxygens (including phenoxy) is 2. The molecule has 6 heteroatoms. The van der Waals surface area contributed by atoms with Crippen molar-refractivity contribution in [3.63, 3.8) is 0 Å². The number of hydrogen-bond donors (Lipinski definition) is 3. The topological polar surface area (TPSA) is 96.2 Å². The Bertz CT molecular complexity index is 698. The van der Waals surface area contributed by atoms with Crippen molar-refractivity contribution in [2.75, 3.05) is 13.7 Å². The van der Waals surface area contributed by atoms with E-state index in [1.165, 1.54) is 20.1 Å². The Balaban J connectivity index is 2.25. The van der Waals surface area contributed by atoms with Crippen molar-refractivity contribution < 1.29 is 29.6 Å². The lowest BCUT2D eigenvalue weighted by Gasteiger charge is -2.44. The van der Waals surface area contributed by atoms with Crippen LogP contribution in [0.3, 0.4) is 0 Å². The molecule has 2 aliphatic rings. The minimum atomic E-state index is -1.39. The molecule has 0 spiro atoms. The summed E-state index contributed by atoms with van der Waals surface area (Å²) >= 11 is 0. The maximum atomic E-state index is 12.1. The van der Waals surface area contributed by atoms with Crippen LogP contribution in [0.15, 0.2) is 6.07 Å². The molecule has 0 amide bonds. The molecule has 0 bridgehead atoms. The monoisotopic (exact) mass is 350 g/mol. The molecule has 6 nitrogen and oxygen atoms in total. The van der Waals surface area contributed by atoms with E-state index in [2.05, 4.69) is 13.8 Å². The number of methoxy groups -OCH3 is 1. The first-order valence-corrected chi connectivity index (χ1v) is 8.69. The molecule has 25 heavy (non-hydrogen) atoms. The van der Waals surface area contributed by atoms with Gasteiger partial charge in [0.25, 0.3) is 0 Å². The number of ketones is 1. The van der Waals surface area contributed by atoms with Crippen LogP contribution in [0, 0.1) is 11.8 Å². The maximum Gasteiger partial charge on any atom is 0.167 e. The Morgan fingerprint density at radius 3 is 2.68 bits per heavy atom. The van der Waals surface area contributed by atoms with Crippen molar-refractivity contribution in [3.8, 4) is 17.2 Å². The second kappa shape index (κ2) is 6.18. The highest BCUT2D eigenvalue weighted by atomic mass is 16.5. The van der Waals surface area contributed by atoms with Crippen molar-refractivity contribution in [2.45, 2.75) is 51.2 Å². The van der Waals surface area contributed by atoms with Gasteiger partial charge in [-0.1, -0.05) is 13.8 Å². The lowest BCUT2D eigenvalue weighted by atomic mass is 9.64. The van der Waals surface area contributed by atoms with Gasteiger partial charge in [0.05, 0.1) is 13.7 Å². The van der Waals surface area contributed by atoms with Gasteiger partial charge in [0.2, 0.25) is 0 Å². The van der Waals surface area contributed by atoms with Crippen LogP contribution >= 0.6 is 0 Å². The van der Waals surface area contributed by atoms with E-state index in [1.807, 2.05) is 0 Å². The van der Waals surface area contributed by atoms with Gasteiger partial charge in [0.1, 0.15) is 34.5 Å². The third-order valence-electron chi connectivity index (χ3n) is 5.77. The number of phenols is 1. The second-order valence-corrected chi connectivity index (χ2v) is 7.54. The molecule has 1 aliphatic carbocycles. The first-order valence-electron chi connectivity index (χ1n) is 8.69. The van der Waals surface area contributed by atoms with Crippen molar-refractivity contribution >= 4 is 5.78 Å². The average molecular weight is 350 g/mol. The van der Waals surface area contributed by atoms with E-state index in [9.17, 15) is 20.1 Å². The van der Waals surface area contributed by atoms with Crippen molar-refractivity contribution in [1.29, 1.82) is 0 Å². The predicted octanol–water partition coefficient (Wildman–Crippen LogP) is 2.24. The van der Waals surface area contributed by atoms with Gasteiger partial charge in [-0.15, -0.1) is 0 Å². The Hall–Kier alpha value is -1.79. The summed E-state index contributed by atoms with van der Waals surface area (Å²) in [4.78, 5) is 12.1. The van der Waals surface area contributed by atoms with E-state index in [0.717, 1.165) is 6.42 Å². The number of carbonyl (C=O) groups excluding carboxylic acids is 1. The normalized spacial score (nSPS) is 30.6. The van der Waals surface area contributed by atoms with Gasteiger partial charge in [0, 0.05) is 17.5 Å². The van der Waals surface area contributed by atoms with E-state index in [-0.39, 0.29) is 34.7 Å². The summed E-state index contributed by atoms with van der Waals surface area (Å²) in [7, 11) is 1.50. The summed E-state index contributed by atoms with van der Waals surface area (Å²) < 4.78 is 11.5. The molecule has 1 saturated carbocycles. The quantitative estimate of drug-likeness (QED) is 0.721. The maximum absolute atomic E-state index is 12.1. The minimum absolute atomic E-state index is 0.105. The van der Waals surface area contributed by atoms with Gasteiger partial charge in [-0.05, 0) is 31.6 Å². The molecule has 3 rings (SSSR count). The summed E-state index contributed by atoms with van der Waals surface area (Å²) in [5, 5.41) is 31.0. The number of phenolic OH excluding ortho intramolecular Hbond substituents is 1. The largest absolute Gasteiger partial charge is 0.507 e. The van der Waals surface area contributed by atoms with E-state index in [4.69, 9.17) is 9.47 Å². The van der Waals surface area contributed by atoms with Crippen LogP contribution in [-0.4, -0.2) is 46.5 Å². The molecule has 1 aliphatic heterocycles. The molecule has 1 heterocycles. The number of aromatic hydroxyl groups is 1. The Morgan fingerprint density at radius 1 is 1.48 bits per heavy atom. The number of carbonyl (C=O) groups is 1. The third-order valence-corrected chi connectivity index (χ3v) is 5.77. The first-order chi connectivity index (χ1) is 11.7. The van der Waals surface area contributed by atoms with Crippen LogP contribution in [0.2, 0.25) is 0 Å². The molecule has 0 saturated heterocycles. The van der Waals surface area contributed by atoms with Crippen LogP contribution in [0.25, 0.3) is 0 Å². The standard InChI is InChI=1S/C19H26O6/c1-9(2)11-5-6-19(23,8-20)18-15(11)16-13(24-4)7-12(22)14(10(3)21)17(16)25-18/h7,9,11,15,18,20,22-23H,5-6,8H2,1-4H3/t11-,15+,18-,19+/m1/s1. The van der Waals surface area contributed by atoms with Crippen molar-refractivity contribution in [1.82, 2.24) is 0 Å². The van der Waals surface area contributed by atoms with Crippen molar-refractivity contribution in [2.24, 2.45) is 11.8 Å². The lowest BCUT2D eigenvalue weighted by molar-refractivity contribution is -0.129. The zero-order chi connectivity index (χ0) is 18.5. The minimum Gasteiger partial charge on any atom is -0.507 e. The van der Waals surface area contributed by atoms with E-state index in [1.54, 1.807) is 0 Å². The average Bonchev–Trinajstić information content (AvgIpc) is 2.94. The zero-order valence-corrected chi connectivity index (χ0v) is 15.1. The fourth-order valence-corrected chi connectivity index (χ4v) is 4.47. The second-order valence-electron chi connectivity index (χ2n) is 7.54. The Labute approximate surface area is 147 Å². The van der Waals surface area contributed by atoms with Gasteiger partial charge in [-0.3, -0.25) is 4.79 Å². The number of aliphatic hydroxyl groups is 2. The van der Waals surface area contributed by atoms with Crippen molar-refractivity contribution in [3.05, 3.63) is 17.2 Å². The molecule has 1 aromatic carbocycles. The predicted molar refractivity (Wildman–Crippen MR) is 91.4 cm³/mol. The fourth-order valence-electron chi connectivity index (χ4n) is 4.47. The molecule has 1 aromatic rings. The van der Waals surface area contributed by atoms with Crippen LogP contribution in [-0.2, 0) is 0 Å². The lowest BCUT2D eigenvalue weighted by Crippen LogP contribution is -2.55. The van der Waals surface area contributed by atoms with Gasteiger partial charge in [-0.2, -0.15) is 0 Å². The van der Waals surface area contributed by atoms with Crippen LogP contribution < -0.4 is 9.47 Å². The molecule has 3 N–H and O–H groups in total. The fraction of sp³-hybridized carbons (Fsp3) is 0.632. The van der Waals surface area contributed by atoms with E-state index >= 15 is 0 Å². The molecule has 0 radical (unpaired) electrons. The number of fused-ring (bicyclic) bond motifs is 3. The summed E-state index contributed by atoms with van der Waals surface area (Å²) in [6, 6.07) is 1.44. The highest BCUT2D eigenvalue weighted by molar-refractivity contribution is 6.00. The van der Waals surface area contributed by atoms with Gasteiger partial charge < -0.3 is 24.8 Å². The third kappa shape index (κ3) is 2.59. The summed E-state index contributed by atoms with van der Waals surface area (Å²) in [5.74, 6) is 0.520. The van der Waals surface area contributed by atoms with Gasteiger partial charge in [-0.25, -0.2) is 0 Å². The Morgan fingerprint density at radius 2 is 2.16 bits per heavy atom. The number of rotatable bonds is 4. The number of Topliss-reactive ketones (excluding diaryl/α,β-unsaturated/α-hetero) is 1. The Kier molecular flexibility index (Phi) is 4.45. The number of hydrogen-bond acceptors (Lipinski definition) is 6. The van der Waals surface area contributed by atoms with Crippen LogP contribution in [0.5, 0.6) is 17.2 Å². The first kappa shape index (κ1) is 18.0. The molecule has 1 fully saturated rings.